The Kier molecular flexibility index (Phi) is 4.07. The van der Waals surface area contributed by atoms with Crippen LogP contribution < -0.4 is 5.56 Å². The van der Waals surface area contributed by atoms with E-state index in [1.54, 1.807) is 6.20 Å². The van der Waals surface area contributed by atoms with Gasteiger partial charge in [-0.05, 0) is 19.3 Å². The van der Waals surface area contributed by atoms with Gasteiger partial charge in [0.2, 0.25) is 0 Å². The summed E-state index contributed by atoms with van der Waals surface area (Å²) in [4.78, 5) is 19.5. The van der Waals surface area contributed by atoms with Crippen LogP contribution in [0.5, 0.6) is 0 Å². The van der Waals surface area contributed by atoms with E-state index in [2.05, 4.69) is 20.2 Å². The molecular weight excluding hydrogens is 292 g/mol. The number of aryl methyl sites for hydroxylation is 1. The van der Waals surface area contributed by atoms with Crippen LogP contribution in [0.1, 0.15) is 37.1 Å². The van der Waals surface area contributed by atoms with Gasteiger partial charge < -0.3 is 9.72 Å². The van der Waals surface area contributed by atoms with Crippen LogP contribution in [0, 0.1) is 0 Å². The standard InChI is InChI=1S/C14H17ClN4O2/c1-2-10-9(7-16-19-10)13-17-12(11(15)14(20)18-13)8-3-5-21-6-4-8/h7-8H,2-6H2,1H3,(H,16,19)(H,17,18,20). The molecule has 1 fully saturated rings. The van der Waals surface area contributed by atoms with Gasteiger partial charge in [-0.25, -0.2) is 4.98 Å². The highest BCUT2D eigenvalue weighted by Gasteiger charge is 2.23. The van der Waals surface area contributed by atoms with E-state index in [0.717, 1.165) is 30.5 Å². The predicted octanol–water partition coefficient (Wildman–Crippen LogP) is 2.27. The number of nitrogens with one attached hydrogen (secondary N) is 2. The zero-order chi connectivity index (χ0) is 14.8. The molecule has 0 amide bonds. The molecule has 2 aromatic rings. The summed E-state index contributed by atoms with van der Waals surface area (Å²) >= 11 is 6.16. The molecule has 1 saturated heterocycles. The fourth-order valence-corrected chi connectivity index (χ4v) is 2.88. The maximum atomic E-state index is 12.1. The van der Waals surface area contributed by atoms with E-state index in [1.807, 2.05) is 6.92 Å². The minimum Gasteiger partial charge on any atom is -0.381 e. The van der Waals surface area contributed by atoms with E-state index in [1.165, 1.54) is 0 Å². The smallest absolute Gasteiger partial charge is 0.270 e. The Balaban J connectivity index is 2.07. The van der Waals surface area contributed by atoms with Crippen LogP contribution in [-0.4, -0.2) is 33.4 Å². The molecule has 1 aliphatic heterocycles. The Labute approximate surface area is 126 Å². The molecule has 0 radical (unpaired) electrons. The minimum atomic E-state index is -0.300. The first-order valence-electron chi connectivity index (χ1n) is 7.10. The highest BCUT2D eigenvalue weighted by Crippen LogP contribution is 2.30. The molecule has 7 heteroatoms. The average Bonchev–Trinajstić information content (AvgIpc) is 2.99. The number of nitrogens with zero attached hydrogens (tertiary/aromatic N) is 2. The Bertz CT molecular complexity index is 689. The molecule has 0 unspecified atom stereocenters. The number of aromatic nitrogens is 4. The maximum absolute atomic E-state index is 12.1. The number of aromatic amines is 2. The number of rotatable bonds is 3. The van der Waals surface area contributed by atoms with Gasteiger partial charge in [-0.3, -0.25) is 9.89 Å². The van der Waals surface area contributed by atoms with Gasteiger partial charge in [-0.2, -0.15) is 5.10 Å². The summed E-state index contributed by atoms with van der Waals surface area (Å²) in [5, 5.41) is 7.13. The van der Waals surface area contributed by atoms with Crippen molar-refractivity contribution >= 4 is 11.6 Å². The maximum Gasteiger partial charge on any atom is 0.270 e. The van der Waals surface area contributed by atoms with Crippen LogP contribution in [0.2, 0.25) is 5.02 Å². The van der Waals surface area contributed by atoms with Crippen molar-refractivity contribution in [2.45, 2.75) is 32.1 Å². The molecule has 0 spiro atoms. The van der Waals surface area contributed by atoms with Crippen molar-refractivity contribution in [3.63, 3.8) is 0 Å². The summed E-state index contributed by atoms with van der Waals surface area (Å²) in [5.74, 6) is 0.695. The second kappa shape index (κ2) is 5.99. The largest absolute Gasteiger partial charge is 0.381 e. The van der Waals surface area contributed by atoms with E-state index in [4.69, 9.17) is 16.3 Å². The molecule has 3 rings (SSSR count). The lowest BCUT2D eigenvalue weighted by molar-refractivity contribution is 0.0845. The average molecular weight is 309 g/mol. The summed E-state index contributed by atoms with van der Waals surface area (Å²) in [7, 11) is 0. The van der Waals surface area contributed by atoms with Crippen molar-refractivity contribution < 1.29 is 4.74 Å². The van der Waals surface area contributed by atoms with Gasteiger partial charge in [0.25, 0.3) is 5.56 Å². The van der Waals surface area contributed by atoms with Gasteiger partial charge in [0.15, 0.2) is 0 Å². The summed E-state index contributed by atoms with van der Waals surface area (Å²) in [6, 6.07) is 0. The number of hydrogen-bond donors (Lipinski definition) is 2. The number of H-pyrrole nitrogens is 2. The van der Waals surface area contributed by atoms with Crippen molar-refractivity contribution in [3.8, 4) is 11.4 Å². The predicted molar refractivity (Wildman–Crippen MR) is 79.6 cm³/mol. The highest BCUT2D eigenvalue weighted by atomic mass is 35.5. The summed E-state index contributed by atoms with van der Waals surface area (Å²) in [6.07, 6.45) is 4.14. The molecule has 21 heavy (non-hydrogen) atoms. The van der Waals surface area contributed by atoms with Gasteiger partial charge in [0.05, 0.1) is 17.5 Å². The number of hydrogen-bond acceptors (Lipinski definition) is 4. The lowest BCUT2D eigenvalue weighted by Crippen LogP contribution is -2.20. The molecule has 2 aromatic heterocycles. The van der Waals surface area contributed by atoms with Crippen molar-refractivity contribution in [2.75, 3.05) is 13.2 Å². The van der Waals surface area contributed by atoms with Gasteiger partial charge in [-0.1, -0.05) is 18.5 Å². The van der Waals surface area contributed by atoms with Crippen LogP contribution >= 0.6 is 11.6 Å². The van der Waals surface area contributed by atoms with Crippen molar-refractivity contribution in [1.82, 2.24) is 20.2 Å². The topological polar surface area (TPSA) is 83.7 Å². The number of halogens is 1. The third-order valence-electron chi connectivity index (χ3n) is 3.82. The quantitative estimate of drug-likeness (QED) is 0.911. The normalized spacial score (nSPS) is 16.3. The van der Waals surface area contributed by atoms with Crippen molar-refractivity contribution in [1.29, 1.82) is 0 Å². The van der Waals surface area contributed by atoms with Crippen LogP contribution in [-0.2, 0) is 11.2 Å². The molecule has 1 aliphatic rings. The first-order valence-corrected chi connectivity index (χ1v) is 7.48. The van der Waals surface area contributed by atoms with E-state index >= 15 is 0 Å². The van der Waals surface area contributed by atoms with Gasteiger partial charge in [-0.15, -0.1) is 0 Å². The second-order valence-electron chi connectivity index (χ2n) is 5.12. The molecule has 0 saturated carbocycles. The fourth-order valence-electron chi connectivity index (χ4n) is 2.63. The summed E-state index contributed by atoms with van der Waals surface area (Å²) < 4.78 is 5.36. The molecule has 112 valence electrons. The third kappa shape index (κ3) is 2.73. The second-order valence-corrected chi connectivity index (χ2v) is 5.49. The molecular formula is C14H17ClN4O2. The Morgan fingerprint density at radius 1 is 1.43 bits per heavy atom. The monoisotopic (exact) mass is 308 g/mol. The zero-order valence-electron chi connectivity index (χ0n) is 11.8. The van der Waals surface area contributed by atoms with Crippen molar-refractivity contribution in [3.05, 3.63) is 33.0 Å². The summed E-state index contributed by atoms with van der Waals surface area (Å²) in [5.41, 5.74) is 2.13. The van der Waals surface area contributed by atoms with Crippen molar-refractivity contribution in [2.24, 2.45) is 0 Å². The number of ether oxygens (including phenoxy) is 1. The first kappa shape index (κ1) is 14.3. The van der Waals surface area contributed by atoms with E-state index < -0.39 is 0 Å². The first-order chi connectivity index (χ1) is 10.2. The lowest BCUT2D eigenvalue weighted by Gasteiger charge is -2.22. The Hall–Kier alpha value is -1.66. The van der Waals surface area contributed by atoms with Crippen LogP contribution in [0.15, 0.2) is 11.0 Å². The van der Waals surface area contributed by atoms with E-state index in [-0.39, 0.29) is 16.5 Å². The molecule has 2 N–H and O–H groups in total. The van der Waals surface area contributed by atoms with Gasteiger partial charge >= 0.3 is 0 Å². The third-order valence-corrected chi connectivity index (χ3v) is 4.19. The van der Waals surface area contributed by atoms with Gasteiger partial charge in [0, 0.05) is 24.8 Å². The van der Waals surface area contributed by atoms with Crippen LogP contribution in [0.25, 0.3) is 11.4 Å². The molecule has 6 nitrogen and oxygen atoms in total. The van der Waals surface area contributed by atoms with Crippen LogP contribution in [0.4, 0.5) is 0 Å². The molecule has 0 aliphatic carbocycles. The summed E-state index contributed by atoms with van der Waals surface area (Å²) in [6.45, 7) is 3.37. The van der Waals surface area contributed by atoms with E-state index in [9.17, 15) is 4.79 Å². The molecule has 3 heterocycles. The highest BCUT2D eigenvalue weighted by molar-refractivity contribution is 6.31. The Morgan fingerprint density at radius 3 is 2.90 bits per heavy atom. The van der Waals surface area contributed by atoms with Crippen LogP contribution in [0.3, 0.4) is 0 Å². The molecule has 0 bridgehead atoms. The SMILES string of the molecule is CCc1[nH]ncc1-c1nc(C2CCOCC2)c(Cl)c(=O)[nH]1. The Morgan fingerprint density at radius 2 is 2.19 bits per heavy atom. The van der Waals surface area contributed by atoms with Gasteiger partial charge in [0.1, 0.15) is 10.8 Å². The fraction of sp³-hybridized carbons (Fsp3) is 0.500. The minimum absolute atomic E-state index is 0.171. The zero-order valence-corrected chi connectivity index (χ0v) is 12.5. The lowest BCUT2D eigenvalue weighted by atomic mass is 9.96. The molecule has 0 aromatic carbocycles. The van der Waals surface area contributed by atoms with E-state index in [0.29, 0.717) is 24.7 Å². The molecule has 0 atom stereocenters.